The van der Waals surface area contributed by atoms with E-state index in [1.807, 2.05) is 6.07 Å². The van der Waals surface area contributed by atoms with Crippen LogP contribution in [0, 0.1) is 5.82 Å². The second-order valence-corrected chi connectivity index (χ2v) is 9.89. The molecule has 220 valence electrons. The number of hydrogen-bond acceptors (Lipinski definition) is 8. The van der Waals surface area contributed by atoms with Gasteiger partial charge in [0.05, 0.1) is 43.2 Å². The second-order valence-electron chi connectivity index (χ2n) is 9.07. The summed E-state index contributed by atoms with van der Waals surface area (Å²) in [6.07, 6.45) is 0. The van der Waals surface area contributed by atoms with Gasteiger partial charge in [-0.05, 0) is 42.5 Å². The van der Waals surface area contributed by atoms with E-state index in [2.05, 4.69) is 20.9 Å². The van der Waals surface area contributed by atoms with Gasteiger partial charge in [0.25, 0.3) is 11.3 Å². The van der Waals surface area contributed by atoms with Crippen molar-refractivity contribution >= 4 is 62.6 Å². The Kier molecular flexibility index (Phi) is 8.93. The lowest BCUT2D eigenvalue weighted by molar-refractivity contribution is -0.114. The third kappa shape index (κ3) is 6.97. The molecule has 0 saturated carbocycles. The second kappa shape index (κ2) is 13.1. The van der Waals surface area contributed by atoms with Crippen molar-refractivity contribution in [2.75, 3.05) is 41.0 Å². The van der Waals surface area contributed by atoms with Crippen LogP contribution in [0.5, 0.6) is 11.5 Å². The summed E-state index contributed by atoms with van der Waals surface area (Å²) in [6, 6.07) is 24.6. The van der Waals surface area contributed by atoms with Crippen LogP contribution in [0.3, 0.4) is 0 Å². The van der Waals surface area contributed by atoms with Gasteiger partial charge in [-0.3, -0.25) is 9.35 Å². The van der Waals surface area contributed by atoms with E-state index in [1.165, 1.54) is 32.4 Å². The van der Waals surface area contributed by atoms with Crippen molar-refractivity contribution in [3.63, 3.8) is 0 Å². The van der Waals surface area contributed by atoms with Crippen molar-refractivity contribution in [2.24, 2.45) is 0 Å². The lowest BCUT2D eigenvalue weighted by Gasteiger charge is -2.23. The Hall–Kier alpha value is -5.27. The van der Waals surface area contributed by atoms with E-state index >= 15 is 0 Å². The summed E-state index contributed by atoms with van der Waals surface area (Å²) in [5.41, 5.74) is 2.36. The summed E-state index contributed by atoms with van der Waals surface area (Å²) >= 11 is -2.61. The molecule has 43 heavy (non-hydrogen) atoms. The first kappa shape index (κ1) is 29.2. The van der Waals surface area contributed by atoms with Gasteiger partial charge in [-0.2, -0.15) is 0 Å². The third-order valence-corrected chi connectivity index (χ3v) is 6.89. The molecule has 0 aliphatic rings. The van der Waals surface area contributed by atoms with Gasteiger partial charge >= 0.3 is 0 Å². The van der Waals surface area contributed by atoms with E-state index in [0.29, 0.717) is 33.9 Å². The quantitative estimate of drug-likeness (QED) is 0.137. The highest BCUT2D eigenvalue weighted by Crippen LogP contribution is 2.36. The maximum absolute atomic E-state index is 13.9. The zero-order valence-electron chi connectivity index (χ0n) is 23.1. The van der Waals surface area contributed by atoms with Crippen LogP contribution in [0.4, 0.5) is 38.8 Å². The molecule has 4 N–H and O–H groups in total. The van der Waals surface area contributed by atoms with Gasteiger partial charge in [-0.1, -0.05) is 30.3 Å². The summed E-state index contributed by atoms with van der Waals surface area (Å²) in [6.45, 7) is -0.199. The molecule has 11 nitrogen and oxygen atoms in total. The van der Waals surface area contributed by atoms with Crippen molar-refractivity contribution in [1.82, 2.24) is 9.97 Å². The number of anilines is 6. The number of amides is 1. The summed E-state index contributed by atoms with van der Waals surface area (Å²) in [5, 5.41) is 8.64. The number of aromatic nitrogens is 2. The summed E-state index contributed by atoms with van der Waals surface area (Å²) < 4.78 is 49.0. The Morgan fingerprint density at radius 1 is 0.884 bits per heavy atom. The van der Waals surface area contributed by atoms with Crippen LogP contribution in [0.1, 0.15) is 0 Å². The molecular formula is C30H27FN6O5S. The maximum atomic E-state index is 13.9. The number of halogens is 1. The average molecular weight is 603 g/mol. The molecule has 4 aromatic carbocycles. The van der Waals surface area contributed by atoms with Crippen LogP contribution in [-0.4, -0.2) is 45.4 Å². The van der Waals surface area contributed by atoms with Gasteiger partial charge in [0.1, 0.15) is 17.3 Å². The number of rotatable bonds is 11. The third-order valence-electron chi connectivity index (χ3n) is 6.19. The van der Waals surface area contributed by atoms with Gasteiger partial charge < -0.3 is 25.4 Å². The molecule has 13 heteroatoms. The molecule has 5 aromatic rings. The number of hydrogen-bond donors (Lipinski definition) is 4. The molecule has 0 fully saturated rings. The Labute approximate surface area is 249 Å². The van der Waals surface area contributed by atoms with Gasteiger partial charge in [0.2, 0.25) is 5.91 Å². The molecule has 0 bridgehead atoms. The molecule has 0 aliphatic carbocycles. The fourth-order valence-electron chi connectivity index (χ4n) is 4.21. The lowest BCUT2D eigenvalue weighted by atomic mass is 10.2. The number of carbonyl (C=O) groups is 1. The molecule has 1 unspecified atom stereocenters. The Balaban J connectivity index is 1.48. The summed E-state index contributed by atoms with van der Waals surface area (Å²) in [7, 11) is 3.05. The average Bonchev–Trinajstić information content (AvgIpc) is 3.00. The van der Waals surface area contributed by atoms with Gasteiger partial charge in [0.15, 0.2) is 11.6 Å². The summed E-state index contributed by atoms with van der Waals surface area (Å²) in [5.74, 6) is 0.342. The number of benzene rings is 4. The molecule has 0 aliphatic heterocycles. The van der Waals surface area contributed by atoms with Crippen LogP contribution < -0.4 is 29.7 Å². The topological polar surface area (TPSA) is 138 Å². The van der Waals surface area contributed by atoms with Gasteiger partial charge in [-0.25, -0.2) is 22.9 Å². The van der Waals surface area contributed by atoms with E-state index in [4.69, 9.17) is 14.5 Å². The van der Waals surface area contributed by atoms with Crippen LogP contribution >= 0.6 is 0 Å². The first-order valence-electron chi connectivity index (χ1n) is 12.9. The Bertz CT molecular complexity index is 1780. The van der Waals surface area contributed by atoms with E-state index in [9.17, 15) is 17.9 Å². The molecule has 1 heterocycles. The van der Waals surface area contributed by atoms with E-state index in [-0.39, 0.29) is 29.6 Å². The van der Waals surface area contributed by atoms with Gasteiger partial charge in [-0.15, -0.1) is 0 Å². The van der Waals surface area contributed by atoms with E-state index in [1.54, 1.807) is 66.7 Å². The predicted octanol–water partition coefficient (Wildman–Crippen LogP) is 5.86. The highest BCUT2D eigenvalue weighted by Gasteiger charge is 2.24. The largest absolute Gasteiger partial charge is 0.497 e. The minimum Gasteiger partial charge on any atom is -0.497 e. The molecule has 5 rings (SSSR count). The number of nitrogens with zero attached hydrogens (tertiary/aromatic N) is 3. The molecule has 0 saturated heterocycles. The number of para-hydroxylation sites is 3. The highest BCUT2D eigenvalue weighted by atomic mass is 32.2. The molecule has 1 aromatic heterocycles. The molecule has 0 spiro atoms. The first-order valence-corrected chi connectivity index (χ1v) is 14.0. The van der Waals surface area contributed by atoms with Crippen molar-refractivity contribution < 1.29 is 27.4 Å². The minimum absolute atomic E-state index is 0.0472. The van der Waals surface area contributed by atoms with Crippen LogP contribution in [0.2, 0.25) is 0 Å². The Morgan fingerprint density at radius 3 is 2.23 bits per heavy atom. The van der Waals surface area contributed by atoms with E-state index < -0.39 is 23.0 Å². The normalized spacial score (nSPS) is 11.4. The van der Waals surface area contributed by atoms with Crippen molar-refractivity contribution in [3.05, 3.63) is 96.8 Å². The van der Waals surface area contributed by atoms with Crippen molar-refractivity contribution in [1.29, 1.82) is 0 Å². The fourth-order valence-corrected chi connectivity index (χ4v) is 4.78. The lowest BCUT2D eigenvalue weighted by Crippen LogP contribution is -2.24. The Morgan fingerprint density at radius 2 is 1.56 bits per heavy atom. The smallest absolute Gasteiger partial charge is 0.268 e. The molecule has 1 amide bonds. The monoisotopic (exact) mass is 602 g/mol. The predicted molar refractivity (Wildman–Crippen MR) is 165 cm³/mol. The number of methoxy groups -OCH3 is 2. The first-order chi connectivity index (χ1) is 20.8. The number of carbonyl (C=O) groups excluding carboxylic acids is 1. The van der Waals surface area contributed by atoms with E-state index in [0.717, 1.165) is 4.31 Å². The number of ether oxygens (including phenoxy) is 2. The molecular weight excluding hydrogens is 575 g/mol. The van der Waals surface area contributed by atoms with Crippen molar-refractivity contribution in [2.45, 2.75) is 0 Å². The molecule has 0 radical (unpaired) electrons. The van der Waals surface area contributed by atoms with Crippen LogP contribution in [0.15, 0.2) is 91.0 Å². The standard InChI is InChI=1S/C30H27FN6O5S/c1-41-22-15-20(16-23(17-22)42-2)34-29-30(36-27-13-6-5-12-26(27)35-29)37(43(39)40)21-9-7-8-19(14-21)33-28(38)18-32-25-11-4-3-10-24(25)31/h3-17,32H,18H2,1-2H3,(H,33,38)(H,34,35)(H,39,40). The van der Waals surface area contributed by atoms with Crippen molar-refractivity contribution in [3.8, 4) is 11.5 Å². The fraction of sp³-hybridized carbons (Fsp3) is 0.100. The maximum Gasteiger partial charge on any atom is 0.268 e. The minimum atomic E-state index is -2.61. The summed E-state index contributed by atoms with van der Waals surface area (Å²) in [4.78, 5) is 22.0. The highest BCUT2D eigenvalue weighted by molar-refractivity contribution is 7.81. The SMILES string of the molecule is COc1cc(Nc2nc3ccccc3nc2N(c2cccc(NC(=O)CNc3ccccc3F)c2)S(=O)O)cc(OC)c1. The molecule has 1 atom stereocenters. The van der Waals surface area contributed by atoms with Gasteiger partial charge in [0, 0.05) is 29.6 Å². The van der Waals surface area contributed by atoms with Crippen LogP contribution in [-0.2, 0) is 16.1 Å². The zero-order valence-corrected chi connectivity index (χ0v) is 23.9. The number of fused-ring (bicyclic) bond motifs is 1. The number of nitrogens with one attached hydrogen (secondary N) is 3. The van der Waals surface area contributed by atoms with Crippen LogP contribution in [0.25, 0.3) is 11.0 Å². The zero-order chi connectivity index (χ0) is 30.3.